The minimum atomic E-state index is 0.636. The lowest BCUT2D eigenvalue weighted by Gasteiger charge is -2.27. The van der Waals surface area contributed by atoms with E-state index in [0.29, 0.717) is 48.9 Å². The van der Waals surface area contributed by atoms with Crippen molar-refractivity contribution in [1.82, 2.24) is 25.1 Å². The molecule has 3 aromatic rings. The van der Waals surface area contributed by atoms with Gasteiger partial charge in [0.25, 0.3) is 0 Å². The van der Waals surface area contributed by atoms with E-state index in [1.54, 1.807) is 7.11 Å². The molecule has 2 N–H and O–H groups in total. The van der Waals surface area contributed by atoms with Gasteiger partial charge in [0.1, 0.15) is 5.82 Å². The van der Waals surface area contributed by atoms with E-state index in [4.69, 9.17) is 24.2 Å². The Morgan fingerprint density at radius 2 is 1.88 bits per heavy atom. The van der Waals surface area contributed by atoms with Crippen LogP contribution in [0.3, 0.4) is 0 Å². The minimum Gasteiger partial charge on any atom is -0.493 e. The second kappa shape index (κ2) is 10.4. The van der Waals surface area contributed by atoms with E-state index in [1.165, 1.54) is 25.9 Å². The molecule has 0 atom stereocenters. The van der Waals surface area contributed by atoms with Crippen LogP contribution in [0.15, 0.2) is 18.2 Å². The summed E-state index contributed by atoms with van der Waals surface area (Å²) in [6, 6.07) is 5.84. The lowest BCUT2D eigenvalue weighted by Crippen LogP contribution is -2.37. The fourth-order valence-electron chi connectivity index (χ4n) is 4.48. The number of morpholine rings is 1. The standard InChI is InChI=1S/C24H33N7O3/c1-17-14-22(29-28-17)26-23-18-15-20(32-2)21(34-11-5-8-30-6-3-4-7-30)16-19(18)25-24(27-23)31-9-12-33-13-10-31/h14-16H,3-13H2,1-2H3,(H2,25,26,27,28,29). The smallest absolute Gasteiger partial charge is 0.228 e. The number of nitrogens with one attached hydrogen (secondary N) is 2. The number of nitrogens with zero attached hydrogens (tertiary/aromatic N) is 5. The summed E-state index contributed by atoms with van der Waals surface area (Å²) in [5.74, 6) is 3.40. The maximum Gasteiger partial charge on any atom is 0.228 e. The highest BCUT2D eigenvalue weighted by molar-refractivity contribution is 5.94. The average molecular weight is 468 g/mol. The topological polar surface area (TPSA) is 101 Å². The first-order chi connectivity index (χ1) is 16.7. The predicted molar refractivity (Wildman–Crippen MR) is 132 cm³/mol. The molecule has 2 saturated heterocycles. The van der Waals surface area contributed by atoms with Gasteiger partial charge < -0.3 is 29.3 Å². The van der Waals surface area contributed by atoms with Gasteiger partial charge in [-0.2, -0.15) is 10.1 Å². The lowest BCUT2D eigenvalue weighted by atomic mass is 10.2. The third-order valence-electron chi connectivity index (χ3n) is 6.29. The molecule has 4 heterocycles. The van der Waals surface area contributed by atoms with E-state index in [1.807, 2.05) is 25.1 Å². The molecule has 10 heteroatoms. The number of rotatable bonds is 9. The van der Waals surface area contributed by atoms with Crippen molar-refractivity contribution in [2.24, 2.45) is 0 Å². The van der Waals surface area contributed by atoms with E-state index in [2.05, 4.69) is 25.3 Å². The van der Waals surface area contributed by atoms with Crippen LogP contribution in [0.25, 0.3) is 10.9 Å². The second-order valence-corrected chi connectivity index (χ2v) is 8.80. The number of hydrogen-bond donors (Lipinski definition) is 2. The van der Waals surface area contributed by atoms with E-state index >= 15 is 0 Å². The van der Waals surface area contributed by atoms with Gasteiger partial charge >= 0.3 is 0 Å². The van der Waals surface area contributed by atoms with Gasteiger partial charge in [-0.15, -0.1) is 0 Å². The number of benzene rings is 1. The van der Waals surface area contributed by atoms with Crippen LogP contribution >= 0.6 is 0 Å². The van der Waals surface area contributed by atoms with E-state index < -0.39 is 0 Å². The van der Waals surface area contributed by atoms with Crippen LogP contribution in [0.5, 0.6) is 11.5 Å². The fourth-order valence-corrected chi connectivity index (χ4v) is 4.48. The molecule has 2 aromatic heterocycles. The van der Waals surface area contributed by atoms with Gasteiger partial charge in [0.15, 0.2) is 17.3 Å². The van der Waals surface area contributed by atoms with Crippen LogP contribution in [0.1, 0.15) is 25.0 Å². The highest BCUT2D eigenvalue weighted by Gasteiger charge is 2.19. The maximum atomic E-state index is 6.16. The van der Waals surface area contributed by atoms with Crippen LogP contribution in [0.2, 0.25) is 0 Å². The molecule has 10 nitrogen and oxygen atoms in total. The van der Waals surface area contributed by atoms with Gasteiger partial charge in [-0.1, -0.05) is 0 Å². The molecule has 0 amide bonds. The summed E-state index contributed by atoms with van der Waals surface area (Å²) in [7, 11) is 1.66. The van der Waals surface area contributed by atoms with Gasteiger partial charge in [-0.25, -0.2) is 4.98 Å². The number of fused-ring (bicyclic) bond motifs is 1. The van der Waals surface area contributed by atoms with Crippen LogP contribution in [0.4, 0.5) is 17.6 Å². The lowest BCUT2D eigenvalue weighted by molar-refractivity contribution is 0.122. The van der Waals surface area contributed by atoms with Crippen LogP contribution in [-0.4, -0.2) is 84.7 Å². The van der Waals surface area contributed by atoms with Crippen molar-refractivity contribution < 1.29 is 14.2 Å². The highest BCUT2D eigenvalue weighted by atomic mass is 16.5. The molecule has 2 aliphatic rings. The zero-order valence-electron chi connectivity index (χ0n) is 20.0. The van der Waals surface area contributed by atoms with Gasteiger partial charge in [0.2, 0.25) is 5.95 Å². The number of aryl methyl sites for hydroxylation is 1. The fraction of sp³-hybridized carbons (Fsp3) is 0.542. The Hall–Kier alpha value is -3.11. The van der Waals surface area contributed by atoms with Crippen molar-refractivity contribution in [3.05, 3.63) is 23.9 Å². The van der Waals surface area contributed by atoms with E-state index in [-0.39, 0.29) is 0 Å². The van der Waals surface area contributed by atoms with Crippen molar-refractivity contribution in [3.63, 3.8) is 0 Å². The third-order valence-corrected chi connectivity index (χ3v) is 6.29. The van der Waals surface area contributed by atoms with Gasteiger partial charge in [0.05, 0.1) is 32.4 Å². The predicted octanol–water partition coefficient (Wildman–Crippen LogP) is 3.11. The first-order valence-electron chi connectivity index (χ1n) is 12.1. The summed E-state index contributed by atoms with van der Waals surface area (Å²) in [5, 5.41) is 11.5. The summed E-state index contributed by atoms with van der Waals surface area (Å²) in [4.78, 5) is 14.4. The Morgan fingerprint density at radius 3 is 2.62 bits per heavy atom. The normalized spacial score (nSPS) is 16.8. The number of ether oxygens (including phenoxy) is 3. The molecule has 1 aromatic carbocycles. The third kappa shape index (κ3) is 5.18. The largest absolute Gasteiger partial charge is 0.493 e. The summed E-state index contributed by atoms with van der Waals surface area (Å²) in [5.41, 5.74) is 1.76. The van der Waals surface area contributed by atoms with Gasteiger partial charge in [-0.05, 0) is 45.3 Å². The molecule has 0 saturated carbocycles. The van der Waals surface area contributed by atoms with Crippen molar-refractivity contribution in [3.8, 4) is 11.5 Å². The van der Waals surface area contributed by atoms with Crippen molar-refractivity contribution in [1.29, 1.82) is 0 Å². The Bertz CT molecular complexity index is 1110. The van der Waals surface area contributed by atoms with Crippen LogP contribution < -0.4 is 19.7 Å². The quantitative estimate of drug-likeness (QED) is 0.460. The number of aromatic amines is 1. The number of anilines is 3. The minimum absolute atomic E-state index is 0.636. The monoisotopic (exact) mass is 467 g/mol. The first-order valence-corrected chi connectivity index (χ1v) is 12.1. The van der Waals surface area contributed by atoms with E-state index in [9.17, 15) is 0 Å². The Labute approximate surface area is 199 Å². The summed E-state index contributed by atoms with van der Waals surface area (Å²) < 4.78 is 17.3. The summed E-state index contributed by atoms with van der Waals surface area (Å²) in [6.45, 7) is 8.90. The van der Waals surface area contributed by atoms with Crippen molar-refractivity contribution in [2.75, 3.05) is 69.9 Å². The molecular formula is C24H33N7O3. The number of methoxy groups -OCH3 is 1. The molecule has 0 bridgehead atoms. The van der Waals surface area contributed by atoms with Crippen molar-refractivity contribution >= 4 is 28.5 Å². The molecule has 0 unspecified atom stereocenters. The molecular weight excluding hydrogens is 434 g/mol. The number of H-pyrrole nitrogens is 1. The molecule has 0 spiro atoms. The first kappa shape index (κ1) is 22.7. The molecule has 34 heavy (non-hydrogen) atoms. The zero-order valence-corrected chi connectivity index (χ0v) is 20.0. The number of likely N-dealkylation sites (tertiary alicyclic amines) is 1. The highest BCUT2D eigenvalue weighted by Crippen LogP contribution is 2.36. The Morgan fingerprint density at radius 1 is 1.06 bits per heavy atom. The molecule has 2 aliphatic heterocycles. The zero-order chi connectivity index (χ0) is 23.3. The Balaban J connectivity index is 1.43. The Kier molecular flexibility index (Phi) is 6.96. The second-order valence-electron chi connectivity index (χ2n) is 8.80. The molecule has 182 valence electrons. The summed E-state index contributed by atoms with van der Waals surface area (Å²) in [6.07, 6.45) is 3.59. The van der Waals surface area contributed by atoms with Crippen molar-refractivity contribution in [2.45, 2.75) is 26.2 Å². The molecule has 2 fully saturated rings. The van der Waals surface area contributed by atoms with Gasteiger partial charge in [-0.3, -0.25) is 5.10 Å². The van der Waals surface area contributed by atoms with Gasteiger partial charge in [0, 0.05) is 42.8 Å². The SMILES string of the molecule is COc1cc2c(Nc3cc(C)[nH]n3)nc(N3CCOCC3)nc2cc1OCCCN1CCCC1. The number of aromatic nitrogens is 4. The van der Waals surface area contributed by atoms with Crippen LogP contribution in [-0.2, 0) is 4.74 Å². The summed E-state index contributed by atoms with van der Waals surface area (Å²) >= 11 is 0. The average Bonchev–Trinajstić information content (AvgIpc) is 3.53. The maximum absolute atomic E-state index is 6.16. The van der Waals surface area contributed by atoms with Crippen LogP contribution in [0, 0.1) is 6.92 Å². The molecule has 0 aliphatic carbocycles. The number of hydrogen-bond acceptors (Lipinski definition) is 9. The molecule has 0 radical (unpaired) electrons. The van der Waals surface area contributed by atoms with E-state index in [0.717, 1.165) is 42.7 Å². The molecule has 5 rings (SSSR count).